The second kappa shape index (κ2) is 5.77. The maximum absolute atomic E-state index is 12.5. The first kappa shape index (κ1) is 13.9. The van der Waals surface area contributed by atoms with Crippen LogP contribution in [0.25, 0.3) is 5.82 Å². The van der Waals surface area contributed by atoms with Gasteiger partial charge in [0.25, 0.3) is 5.91 Å². The molecule has 0 saturated carbocycles. The van der Waals surface area contributed by atoms with Gasteiger partial charge in [-0.05, 0) is 38.1 Å². The lowest BCUT2D eigenvalue weighted by molar-refractivity contribution is 0.102. The summed E-state index contributed by atoms with van der Waals surface area (Å²) in [4.78, 5) is 20.6. The molecular formula is C16H15N5O. The summed E-state index contributed by atoms with van der Waals surface area (Å²) in [5.41, 5.74) is 3.30. The minimum atomic E-state index is -0.179. The third-order valence-corrected chi connectivity index (χ3v) is 3.15. The normalized spacial score (nSPS) is 10.5. The van der Waals surface area contributed by atoms with Gasteiger partial charge < -0.3 is 5.32 Å². The zero-order chi connectivity index (χ0) is 15.5. The number of amides is 1. The number of nitrogens with zero attached hydrogens (tertiary/aromatic N) is 4. The molecule has 0 aliphatic rings. The predicted molar refractivity (Wildman–Crippen MR) is 83.0 cm³/mol. The van der Waals surface area contributed by atoms with E-state index in [2.05, 4.69) is 20.4 Å². The highest BCUT2D eigenvalue weighted by atomic mass is 16.1. The second-order valence-corrected chi connectivity index (χ2v) is 5.05. The number of carbonyl (C=O) groups is 1. The van der Waals surface area contributed by atoms with E-state index in [9.17, 15) is 4.79 Å². The molecule has 0 unspecified atom stereocenters. The Hall–Kier alpha value is -3.02. The molecule has 1 aromatic carbocycles. The standard InChI is InChI=1S/C16H15N5O/c1-11-6-12(2)8-13(7-11)16(22)20-14-4-3-5-18-15(14)21-10-17-9-19-21/h3-10H,1-2H3,(H,20,22). The molecule has 1 amide bonds. The van der Waals surface area contributed by atoms with Crippen molar-refractivity contribution >= 4 is 11.6 Å². The molecule has 2 aromatic heterocycles. The summed E-state index contributed by atoms with van der Waals surface area (Å²) >= 11 is 0. The SMILES string of the molecule is Cc1cc(C)cc(C(=O)Nc2cccnc2-n2cncn2)c1. The minimum absolute atomic E-state index is 0.179. The lowest BCUT2D eigenvalue weighted by atomic mass is 10.1. The van der Waals surface area contributed by atoms with E-state index in [-0.39, 0.29) is 5.91 Å². The van der Waals surface area contributed by atoms with E-state index in [1.54, 1.807) is 18.3 Å². The van der Waals surface area contributed by atoms with Crippen LogP contribution in [0.2, 0.25) is 0 Å². The Morgan fingerprint density at radius 3 is 2.64 bits per heavy atom. The predicted octanol–water partition coefficient (Wildman–Crippen LogP) is 2.53. The van der Waals surface area contributed by atoms with Gasteiger partial charge in [0.2, 0.25) is 0 Å². The van der Waals surface area contributed by atoms with Crippen LogP contribution >= 0.6 is 0 Å². The lowest BCUT2D eigenvalue weighted by Crippen LogP contribution is -2.15. The molecule has 22 heavy (non-hydrogen) atoms. The Balaban J connectivity index is 1.92. The highest BCUT2D eigenvalue weighted by molar-refractivity contribution is 6.05. The fraction of sp³-hybridized carbons (Fsp3) is 0.125. The molecule has 3 rings (SSSR count). The van der Waals surface area contributed by atoms with Crippen LogP contribution in [-0.2, 0) is 0 Å². The number of carbonyl (C=O) groups excluding carboxylic acids is 1. The first-order valence-corrected chi connectivity index (χ1v) is 6.83. The van der Waals surface area contributed by atoms with Crippen LogP contribution in [-0.4, -0.2) is 25.7 Å². The van der Waals surface area contributed by atoms with Crippen molar-refractivity contribution in [3.8, 4) is 5.82 Å². The van der Waals surface area contributed by atoms with E-state index < -0.39 is 0 Å². The first-order chi connectivity index (χ1) is 10.6. The van der Waals surface area contributed by atoms with Gasteiger partial charge in [-0.15, -0.1) is 0 Å². The summed E-state index contributed by atoms with van der Waals surface area (Å²) < 4.78 is 1.51. The zero-order valence-corrected chi connectivity index (χ0v) is 12.3. The summed E-state index contributed by atoms with van der Waals surface area (Å²) in [6, 6.07) is 9.28. The van der Waals surface area contributed by atoms with E-state index >= 15 is 0 Å². The molecule has 0 aliphatic heterocycles. The maximum Gasteiger partial charge on any atom is 0.255 e. The summed E-state index contributed by atoms with van der Waals surface area (Å²) in [6.07, 6.45) is 4.60. The number of rotatable bonds is 3. The summed E-state index contributed by atoms with van der Waals surface area (Å²) in [7, 11) is 0. The molecule has 0 atom stereocenters. The Morgan fingerprint density at radius 2 is 1.95 bits per heavy atom. The summed E-state index contributed by atoms with van der Waals surface area (Å²) in [6.45, 7) is 3.93. The average molecular weight is 293 g/mol. The molecule has 1 N–H and O–H groups in total. The molecule has 0 bridgehead atoms. The molecule has 0 fully saturated rings. The van der Waals surface area contributed by atoms with Crippen molar-refractivity contribution in [2.75, 3.05) is 5.32 Å². The van der Waals surface area contributed by atoms with Crippen molar-refractivity contribution in [2.24, 2.45) is 0 Å². The van der Waals surface area contributed by atoms with Crippen molar-refractivity contribution < 1.29 is 4.79 Å². The van der Waals surface area contributed by atoms with Gasteiger partial charge in [-0.25, -0.2) is 14.6 Å². The van der Waals surface area contributed by atoms with Gasteiger partial charge in [0.15, 0.2) is 5.82 Å². The Bertz CT molecular complexity index is 791. The summed E-state index contributed by atoms with van der Waals surface area (Å²) in [5.74, 6) is 0.346. The van der Waals surface area contributed by atoms with Crippen molar-refractivity contribution in [2.45, 2.75) is 13.8 Å². The Morgan fingerprint density at radius 1 is 1.18 bits per heavy atom. The van der Waals surface area contributed by atoms with Crippen molar-refractivity contribution in [3.63, 3.8) is 0 Å². The van der Waals surface area contributed by atoms with E-state index in [0.717, 1.165) is 11.1 Å². The molecule has 2 heterocycles. The van der Waals surface area contributed by atoms with Gasteiger partial charge in [0.1, 0.15) is 12.7 Å². The van der Waals surface area contributed by atoms with Gasteiger partial charge in [-0.1, -0.05) is 17.2 Å². The van der Waals surface area contributed by atoms with Crippen LogP contribution in [0.1, 0.15) is 21.5 Å². The third-order valence-electron chi connectivity index (χ3n) is 3.15. The van der Waals surface area contributed by atoms with Gasteiger partial charge in [0, 0.05) is 11.8 Å². The summed E-state index contributed by atoms with van der Waals surface area (Å²) in [5, 5.41) is 6.93. The lowest BCUT2D eigenvalue weighted by Gasteiger charge is -2.10. The molecule has 0 aliphatic carbocycles. The van der Waals surface area contributed by atoms with Crippen molar-refractivity contribution in [1.29, 1.82) is 0 Å². The van der Waals surface area contributed by atoms with Gasteiger partial charge in [-0.2, -0.15) is 5.10 Å². The van der Waals surface area contributed by atoms with E-state index in [4.69, 9.17) is 0 Å². The highest BCUT2D eigenvalue weighted by Gasteiger charge is 2.12. The van der Waals surface area contributed by atoms with E-state index in [1.807, 2.05) is 32.0 Å². The van der Waals surface area contributed by atoms with Crippen molar-refractivity contribution in [1.82, 2.24) is 19.7 Å². The van der Waals surface area contributed by atoms with E-state index in [1.165, 1.54) is 17.3 Å². The Labute approximate surface area is 127 Å². The molecule has 0 saturated heterocycles. The van der Waals surface area contributed by atoms with Crippen LogP contribution < -0.4 is 5.32 Å². The largest absolute Gasteiger partial charge is 0.319 e. The number of aryl methyl sites for hydroxylation is 2. The zero-order valence-electron chi connectivity index (χ0n) is 12.3. The first-order valence-electron chi connectivity index (χ1n) is 6.83. The number of nitrogens with one attached hydrogen (secondary N) is 1. The Kier molecular flexibility index (Phi) is 3.65. The average Bonchev–Trinajstić information content (AvgIpc) is 3.01. The van der Waals surface area contributed by atoms with Crippen LogP contribution in [0.15, 0.2) is 49.2 Å². The van der Waals surface area contributed by atoms with Crippen LogP contribution in [0.3, 0.4) is 0 Å². The smallest absolute Gasteiger partial charge is 0.255 e. The molecule has 110 valence electrons. The molecule has 6 nitrogen and oxygen atoms in total. The molecule has 0 spiro atoms. The topological polar surface area (TPSA) is 72.7 Å². The number of benzene rings is 1. The van der Waals surface area contributed by atoms with Crippen LogP contribution in [0, 0.1) is 13.8 Å². The van der Waals surface area contributed by atoms with E-state index in [0.29, 0.717) is 17.1 Å². The fourth-order valence-electron chi connectivity index (χ4n) is 2.29. The second-order valence-electron chi connectivity index (χ2n) is 5.05. The molecule has 3 aromatic rings. The number of anilines is 1. The third kappa shape index (κ3) is 2.85. The van der Waals surface area contributed by atoms with Crippen LogP contribution in [0.4, 0.5) is 5.69 Å². The highest BCUT2D eigenvalue weighted by Crippen LogP contribution is 2.18. The van der Waals surface area contributed by atoms with Crippen LogP contribution in [0.5, 0.6) is 0 Å². The number of aromatic nitrogens is 4. The number of hydrogen-bond acceptors (Lipinski definition) is 4. The number of hydrogen-bond donors (Lipinski definition) is 1. The van der Waals surface area contributed by atoms with Gasteiger partial charge >= 0.3 is 0 Å². The fourth-order valence-corrected chi connectivity index (χ4v) is 2.29. The quantitative estimate of drug-likeness (QED) is 0.805. The molecular weight excluding hydrogens is 278 g/mol. The monoisotopic (exact) mass is 293 g/mol. The molecule has 6 heteroatoms. The van der Waals surface area contributed by atoms with Crippen molar-refractivity contribution in [3.05, 3.63) is 65.9 Å². The maximum atomic E-state index is 12.5. The molecule has 0 radical (unpaired) electrons. The minimum Gasteiger partial charge on any atom is -0.319 e. The van der Waals surface area contributed by atoms with Gasteiger partial charge in [0.05, 0.1) is 5.69 Å². The number of pyridine rings is 1. The van der Waals surface area contributed by atoms with Gasteiger partial charge in [-0.3, -0.25) is 4.79 Å².